The molecule has 0 aromatic heterocycles. The molecule has 0 spiro atoms. The Labute approximate surface area is 204 Å². The van der Waals surface area contributed by atoms with Crippen LogP contribution in [-0.4, -0.2) is 21.1 Å². The first-order valence-corrected chi connectivity index (χ1v) is 12.4. The standard InChI is InChI=1S/C15H15NO.C15H24O2/c17-16-15(11-13-7-3-1-4-8-13)12-14-9-5-2-6-10-14;1-2-3-4-5-6-7-8-9-13-10-11-14(16)15(17)12-13/h1-10,17H,11-12H2;10-12,16-17H,2-9H2,1H3. The van der Waals surface area contributed by atoms with E-state index in [9.17, 15) is 10.2 Å². The van der Waals surface area contributed by atoms with Crippen LogP contribution >= 0.6 is 0 Å². The first kappa shape index (κ1) is 27.0. The molecule has 0 aliphatic heterocycles. The van der Waals surface area contributed by atoms with Gasteiger partial charge in [0.05, 0.1) is 5.71 Å². The molecule has 0 heterocycles. The van der Waals surface area contributed by atoms with Gasteiger partial charge >= 0.3 is 0 Å². The van der Waals surface area contributed by atoms with Crippen LogP contribution in [0.25, 0.3) is 0 Å². The van der Waals surface area contributed by atoms with Crippen LogP contribution in [0.5, 0.6) is 11.5 Å². The van der Waals surface area contributed by atoms with Crippen LogP contribution < -0.4 is 0 Å². The normalized spacial score (nSPS) is 10.3. The maximum atomic E-state index is 9.35. The number of aryl methyl sites for hydroxylation is 1. The van der Waals surface area contributed by atoms with Gasteiger partial charge in [0.15, 0.2) is 11.5 Å². The molecule has 0 aliphatic rings. The Bertz CT molecular complexity index is 912. The molecule has 0 bridgehead atoms. The maximum Gasteiger partial charge on any atom is 0.157 e. The minimum atomic E-state index is -0.0340. The second-order valence-corrected chi connectivity index (χ2v) is 8.69. The number of oxime groups is 1. The van der Waals surface area contributed by atoms with Gasteiger partial charge in [-0.2, -0.15) is 0 Å². The van der Waals surface area contributed by atoms with Gasteiger partial charge in [0.1, 0.15) is 0 Å². The van der Waals surface area contributed by atoms with Crippen molar-refractivity contribution in [1.82, 2.24) is 0 Å². The highest BCUT2D eigenvalue weighted by atomic mass is 16.4. The molecule has 3 N–H and O–H groups in total. The van der Waals surface area contributed by atoms with Crippen molar-refractivity contribution in [3.63, 3.8) is 0 Å². The minimum absolute atomic E-state index is 0.00885. The van der Waals surface area contributed by atoms with Gasteiger partial charge in [-0.25, -0.2) is 0 Å². The lowest BCUT2D eigenvalue weighted by atomic mass is 10.0. The van der Waals surface area contributed by atoms with Gasteiger partial charge in [-0.1, -0.05) is 117 Å². The molecule has 0 saturated heterocycles. The molecular weight excluding hydrogens is 422 g/mol. The zero-order valence-corrected chi connectivity index (χ0v) is 20.4. The fraction of sp³-hybridized carbons (Fsp3) is 0.367. The first-order valence-electron chi connectivity index (χ1n) is 12.4. The largest absolute Gasteiger partial charge is 0.504 e. The van der Waals surface area contributed by atoms with E-state index in [0.717, 1.165) is 35.2 Å². The zero-order chi connectivity index (χ0) is 24.4. The van der Waals surface area contributed by atoms with E-state index in [1.165, 1.54) is 38.5 Å². The average molecular weight is 462 g/mol. The highest BCUT2D eigenvalue weighted by Crippen LogP contribution is 2.25. The van der Waals surface area contributed by atoms with Crippen molar-refractivity contribution in [3.8, 4) is 11.5 Å². The molecule has 3 aromatic rings. The lowest BCUT2D eigenvalue weighted by Crippen LogP contribution is -2.07. The van der Waals surface area contributed by atoms with Gasteiger partial charge in [-0.15, -0.1) is 0 Å². The predicted octanol–water partition coefficient (Wildman–Crippen LogP) is 7.69. The summed E-state index contributed by atoms with van der Waals surface area (Å²) in [5.74, 6) is -0.0428. The van der Waals surface area contributed by atoms with Gasteiger partial charge in [-0.05, 0) is 41.7 Å². The number of hydrogen-bond acceptors (Lipinski definition) is 4. The fourth-order valence-electron chi connectivity index (χ4n) is 3.81. The van der Waals surface area contributed by atoms with Crippen LogP contribution in [0.1, 0.15) is 68.6 Å². The molecule has 0 unspecified atom stereocenters. The second-order valence-electron chi connectivity index (χ2n) is 8.69. The number of nitrogens with zero attached hydrogens (tertiary/aromatic N) is 1. The summed E-state index contributed by atoms with van der Waals surface area (Å²) in [5, 5.41) is 31.0. The Morgan fingerprint density at radius 1 is 0.618 bits per heavy atom. The highest BCUT2D eigenvalue weighted by molar-refractivity contribution is 5.88. The number of rotatable bonds is 12. The molecule has 4 heteroatoms. The van der Waals surface area contributed by atoms with E-state index in [1.54, 1.807) is 12.1 Å². The summed E-state index contributed by atoms with van der Waals surface area (Å²) < 4.78 is 0. The van der Waals surface area contributed by atoms with Crippen molar-refractivity contribution >= 4 is 5.71 Å². The third kappa shape index (κ3) is 11.0. The minimum Gasteiger partial charge on any atom is -0.504 e. The summed E-state index contributed by atoms with van der Waals surface area (Å²) in [6.07, 6.45) is 11.4. The molecule has 34 heavy (non-hydrogen) atoms. The van der Waals surface area contributed by atoms with Crippen LogP contribution in [0.4, 0.5) is 0 Å². The van der Waals surface area contributed by atoms with Gasteiger partial charge in [0.2, 0.25) is 0 Å². The fourth-order valence-corrected chi connectivity index (χ4v) is 3.81. The Morgan fingerprint density at radius 2 is 1.15 bits per heavy atom. The smallest absolute Gasteiger partial charge is 0.157 e. The van der Waals surface area contributed by atoms with Gasteiger partial charge in [0.25, 0.3) is 0 Å². The molecule has 0 atom stereocenters. The molecule has 4 nitrogen and oxygen atoms in total. The van der Waals surface area contributed by atoms with E-state index >= 15 is 0 Å². The number of aromatic hydroxyl groups is 2. The molecule has 0 radical (unpaired) electrons. The first-order chi connectivity index (χ1) is 16.6. The molecular formula is C30H39NO3. The maximum absolute atomic E-state index is 9.35. The lowest BCUT2D eigenvalue weighted by molar-refractivity contribution is 0.317. The molecule has 3 aromatic carbocycles. The summed E-state index contributed by atoms with van der Waals surface area (Å²) in [6, 6.07) is 25.2. The van der Waals surface area contributed by atoms with E-state index in [1.807, 2.05) is 66.7 Å². The van der Waals surface area contributed by atoms with Gasteiger partial charge in [-0.3, -0.25) is 0 Å². The number of unbranched alkanes of at least 4 members (excludes halogenated alkanes) is 6. The van der Waals surface area contributed by atoms with E-state index in [-0.39, 0.29) is 11.5 Å². The summed E-state index contributed by atoms with van der Waals surface area (Å²) in [5.41, 5.74) is 4.21. The van der Waals surface area contributed by atoms with Crippen molar-refractivity contribution in [3.05, 3.63) is 95.6 Å². The summed E-state index contributed by atoms with van der Waals surface area (Å²) >= 11 is 0. The highest BCUT2D eigenvalue weighted by Gasteiger charge is 2.04. The number of benzene rings is 3. The number of phenols is 2. The lowest BCUT2D eigenvalue weighted by Gasteiger charge is -2.04. The van der Waals surface area contributed by atoms with E-state index in [4.69, 9.17) is 5.21 Å². The van der Waals surface area contributed by atoms with Crippen LogP contribution in [-0.2, 0) is 19.3 Å². The van der Waals surface area contributed by atoms with E-state index in [2.05, 4.69) is 12.1 Å². The third-order valence-corrected chi connectivity index (χ3v) is 5.75. The molecule has 3 rings (SSSR count). The van der Waals surface area contributed by atoms with Crippen LogP contribution in [0.3, 0.4) is 0 Å². The number of phenolic OH excluding ortho intramolecular Hbond substituents is 2. The topological polar surface area (TPSA) is 73.0 Å². The summed E-state index contributed by atoms with van der Waals surface area (Å²) in [7, 11) is 0. The SMILES string of the molecule is CCCCCCCCCc1ccc(O)c(O)c1.ON=C(Cc1ccccc1)Cc1ccccc1. The average Bonchev–Trinajstić information content (AvgIpc) is 2.87. The molecule has 0 aliphatic carbocycles. The van der Waals surface area contributed by atoms with Gasteiger partial charge in [0, 0.05) is 12.8 Å². The summed E-state index contributed by atoms with van der Waals surface area (Å²) in [6.45, 7) is 2.23. The quantitative estimate of drug-likeness (QED) is 0.0851. The van der Waals surface area contributed by atoms with Crippen LogP contribution in [0.2, 0.25) is 0 Å². The number of hydrogen-bond donors (Lipinski definition) is 3. The van der Waals surface area contributed by atoms with Crippen molar-refractivity contribution in [2.45, 2.75) is 71.1 Å². The molecule has 0 fully saturated rings. The second kappa shape index (κ2) is 16.4. The van der Waals surface area contributed by atoms with Gasteiger partial charge < -0.3 is 15.4 Å². The van der Waals surface area contributed by atoms with Crippen molar-refractivity contribution in [1.29, 1.82) is 0 Å². The Balaban J connectivity index is 0.000000240. The Kier molecular flexibility index (Phi) is 13.0. The van der Waals surface area contributed by atoms with E-state index < -0.39 is 0 Å². The Morgan fingerprint density at radius 3 is 1.65 bits per heavy atom. The predicted molar refractivity (Wildman–Crippen MR) is 141 cm³/mol. The summed E-state index contributed by atoms with van der Waals surface area (Å²) in [4.78, 5) is 0. The molecule has 0 amide bonds. The zero-order valence-electron chi connectivity index (χ0n) is 20.4. The molecule has 0 saturated carbocycles. The third-order valence-electron chi connectivity index (χ3n) is 5.75. The monoisotopic (exact) mass is 461 g/mol. The Hall–Kier alpha value is -3.27. The van der Waals surface area contributed by atoms with Crippen molar-refractivity contribution in [2.24, 2.45) is 5.16 Å². The molecule has 182 valence electrons. The van der Waals surface area contributed by atoms with Crippen molar-refractivity contribution < 1.29 is 15.4 Å². The van der Waals surface area contributed by atoms with Crippen LogP contribution in [0.15, 0.2) is 84.0 Å². The van der Waals surface area contributed by atoms with Crippen LogP contribution in [0, 0.1) is 0 Å². The van der Waals surface area contributed by atoms with E-state index in [0.29, 0.717) is 12.8 Å². The van der Waals surface area contributed by atoms with Crippen molar-refractivity contribution in [2.75, 3.05) is 0 Å².